The Kier molecular flexibility index (Phi) is 7.06. The molecule has 9 nitrogen and oxygen atoms in total. The summed E-state index contributed by atoms with van der Waals surface area (Å²) in [5.74, 6) is -1.36. The maximum atomic E-state index is 12.2. The van der Waals surface area contributed by atoms with Gasteiger partial charge in [-0.2, -0.15) is 5.26 Å². The Hall–Kier alpha value is -3.26. The fraction of sp³-hybridized carbons (Fsp3) is 0.211. The first-order valence-electron chi connectivity index (χ1n) is 8.34. The summed E-state index contributed by atoms with van der Waals surface area (Å²) in [6.45, 7) is 1.40. The van der Waals surface area contributed by atoms with Crippen molar-refractivity contribution in [2.45, 2.75) is 17.9 Å². The predicted octanol–water partition coefficient (Wildman–Crippen LogP) is 1.92. The van der Waals surface area contributed by atoms with E-state index in [-0.39, 0.29) is 10.5 Å². The van der Waals surface area contributed by atoms with E-state index in [4.69, 9.17) is 10.00 Å². The van der Waals surface area contributed by atoms with Gasteiger partial charge in [0.1, 0.15) is 0 Å². The molecule has 2 aromatic rings. The number of ether oxygens (including phenoxy) is 1. The third kappa shape index (κ3) is 5.39. The number of hydrogen-bond acceptors (Lipinski definition) is 7. The highest BCUT2D eigenvalue weighted by molar-refractivity contribution is 7.89. The number of anilines is 1. The van der Waals surface area contributed by atoms with E-state index < -0.39 is 28.0 Å². The second kappa shape index (κ2) is 9.29. The summed E-state index contributed by atoms with van der Waals surface area (Å²) >= 11 is 0. The van der Waals surface area contributed by atoms with Gasteiger partial charge < -0.3 is 10.1 Å². The van der Waals surface area contributed by atoms with Gasteiger partial charge >= 0.3 is 5.97 Å². The lowest BCUT2D eigenvalue weighted by Gasteiger charge is -2.15. The van der Waals surface area contributed by atoms with Crippen LogP contribution in [0.5, 0.6) is 0 Å². The van der Waals surface area contributed by atoms with Crippen molar-refractivity contribution >= 4 is 27.6 Å². The van der Waals surface area contributed by atoms with Crippen molar-refractivity contribution in [1.82, 2.24) is 4.47 Å². The number of hydrogen-bond donors (Lipinski definition) is 1. The van der Waals surface area contributed by atoms with Crippen molar-refractivity contribution < 1.29 is 27.6 Å². The topological polar surface area (TPSA) is 126 Å². The van der Waals surface area contributed by atoms with Gasteiger partial charge in [0.2, 0.25) is 0 Å². The van der Waals surface area contributed by atoms with E-state index in [1.165, 1.54) is 51.4 Å². The smallest absolute Gasteiger partial charge is 0.338 e. The molecule has 0 aromatic heterocycles. The maximum Gasteiger partial charge on any atom is 0.338 e. The molecule has 2 rings (SSSR count). The van der Waals surface area contributed by atoms with Crippen LogP contribution in [-0.2, 0) is 24.4 Å². The molecule has 0 heterocycles. The standard InChI is InChI=1S/C19H19N3O6S/c1-13(18(23)21-16-6-4-5-14(11-16)12-20)28-19(24)15-7-9-17(10-8-15)29(25,26)22(2)27-3/h4-11,13H,1-3H3,(H,21,23)/t13-/m1/s1. The molecule has 1 atom stereocenters. The van der Waals surface area contributed by atoms with Crippen molar-refractivity contribution in [2.75, 3.05) is 19.5 Å². The summed E-state index contributed by atoms with van der Waals surface area (Å²) < 4.78 is 30.1. The Bertz CT molecular complexity index is 1040. The van der Waals surface area contributed by atoms with Crippen molar-refractivity contribution in [3.05, 3.63) is 59.7 Å². The number of nitrogens with zero attached hydrogens (tertiary/aromatic N) is 2. The third-order valence-electron chi connectivity index (χ3n) is 3.90. The van der Waals surface area contributed by atoms with Crippen LogP contribution in [0.25, 0.3) is 0 Å². The zero-order valence-corrected chi connectivity index (χ0v) is 16.8. The third-order valence-corrected chi connectivity index (χ3v) is 5.59. The Morgan fingerprint density at radius 3 is 2.41 bits per heavy atom. The zero-order chi connectivity index (χ0) is 21.6. The molecule has 2 aromatic carbocycles. The Labute approximate surface area is 168 Å². The molecule has 0 saturated heterocycles. The number of sulfonamides is 1. The molecule has 0 radical (unpaired) electrons. The molecule has 0 spiro atoms. The first kappa shape index (κ1) is 22.0. The van der Waals surface area contributed by atoms with Gasteiger partial charge in [-0.25, -0.2) is 13.2 Å². The van der Waals surface area contributed by atoms with Crippen LogP contribution < -0.4 is 5.32 Å². The highest BCUT2D eigenvalue weighted by atomic mass is 32.2. The lowest BCUT2D eigenvalue weighted by molar-refractivity contribution is -0.123. The second-order valence-corrected chi connectivity index (χ2v) is 7.79. The Morgan fingerprint density at radius 1 is 1.17 bits per heavy atom. The number of carbonyl (C=O) groups is 2. The number of carbonyl (C=O) groups excluding carboxylic acids is 2. The van der Waals surface area contributed by atoms with E-state index in [0.717, 1.165) is 0 Å². The number of amides is 1. The molecule has 0 saturated carbocycles. The number of esters is 1. The average Bonchev–Trinajstić information content (AvgIpc) is 2.73. The molecular weight excluding hydrogens is 398 g/mol. The van der Waals surface area contributed by atoms with E-state index in [1.807, 2.05) is 6.07 Å². The quantitative estimate of drug-likeness (QED) is 0.539. The van der Waals surface area contributed by atoms with Gasteiger partial charge in [0, 0.05) is 12.7 Å². The fourth-order valence-corrected chi connectivity index (χ4v) is 3.18. The minimum atomic E-state index is -3.84. The highest BCUT2D eigenvalue weighted by Gasteiger charge is 2.23. The summed E-state index contributed by atoms with van der Waals surface area (Å²) in [6.07, 6.45) is -1.11. The van der Waals surface area contributed by atoms with E-state index in [9.17, 15) is 18.0 Å². The van der Waals surface area contributed by atoms with Crippen LogP contribution in [0, 0.1) is 11.3 Å². The van der Waals surface area contributed by atoms with E-state index in [1.54, 1.807) is 18.2 Å². The molecule has 0 unspecified atom stereocenters. The monoisotopic (exact) mass is 417 g/mol. The predicted molar refractivity (Wildman–Crippen MR) is 103 cm³/mol. The number of nitriles is 1. The van der Waals surface area contributed by atoms with Gasteiger partial charge in [0.05, 0.1) is 29.2 Å². The zero-order valence-electron chi connectivity index (χ0n) is 15.9. The number of rotatable bonds is 7. The van der Waals surface area contributed by atoms with Crippen molar-refractivity contribution in [2.24, 2.45) is 0 Å². The van der Waals surface area contributed by atoms with Crippen LogP contribution in [0.2, 0.25) is 0 Å². The van der Waals surface area contributed by atoms with Crippen LogP contribution in [0.1, 0.15) is 22.8 Å². The lowest BCUT2D eigenvalue weighted by atomic mass is 10.2. The minimum absolute atomic E-state index is 0.0680. The maximum absolute atomic E-state index is 12.2. The summed E-state index contributed by atoms with van der Waals surface area (Å²) in [6, 6.07) is 13.3. The van der Waals surface area contributed by atoms with Gasteiger partial charge in [-0.1, -0.05) is 10.5 Å². The summed E-state index contributed by atoms with van der Waals surface area (Å²) in [5.41, 5.74) is 0.852. The normalized spacial score (nSPS) is 12.1. The van der Waals surface area contributed by atoms with Crippen LogP contribution in [0.15, 0.2) is 53.4 Å². The Balaban J connectivity index is 2.03. The lowest BCUT2D eigenvalue weighted by Crippen LogP contribution is -2.30. The molecule has 0 bridgehead atoms. The van der Waals surface area contributed by atoms with Crippen LogP contribution >= 0.6 is 0 Å². The first-order chi connectivity index (χ1) is 13.7. The SMILES string of the molecule is CON(C)S(=O)(=O)c1ccc(C(=O)O[C@H](C)C(=O)Nc2cccc(C#N)c2)cc1. The average molecular weight is 417 g/mol. The van der Waals surface area contributed by atoms with E-state index in [2.05, 4.69) is 10.2 Å². The molecule has 0 aliphatic rings. The van der Waals surface area contributed by atoms with Crippen molar-refractivity contribution in [3.63, 3.8) is 0 Å². The van der Waals surface area contributed by atoms with Gasteiger partial charge in [0.15, 0.2) is 6.10 Å². The summed E-state index contributed by atoms with van der Waals surface area (Å²) in [7, 11) is -1.38. The largest absolute Gasteiger partial charge is 0.449 e. The molecule has 29 heavy (non-hydrogen) atoms. The van der Waals surface area contributed by atoms with Crippen LogP contribution in [0.4, 0.5) is 5.69 Å². The first-order valence-corrected chi connectivity index (χ1v) is 9.78. The molecule has 10 heteroatoms. The minimum Gasteiger partial charge on any atom is -0.449 e. The number of nitrogens with one attached hydrogen (secondary N) is 1. The van der Waals surface area contributed by atoms with E-state index >= 15 is 0 Å². The number of benzene rings is 2. The van der Waals surface area contributed by atoms with Crippen LogP contribution in [0.3, 0.4) is 0 Å². The second-order valence-electron chi connectivity index (χ2n) is 5.85. The molecule has 152 valence electrons. The highest BCUT2D eigenvalue weighted by Crippen LogP contribution is 2.16. The van der Waals surface area contributed by atoms with Gasteiger partial charge in [-0.05, 0) is 49.4 Å². The molecule has 0 aliphatic carbocycles. The molecule has 1 amide bonds. The van der Waals surface area contributed by atoms with Crippen LogP contribution in [-0.4, -0.2) is 45.0 Å². The van der Waals surface area contributed by atoms with Gasteiger partial charge in [0.25, 0.3) is 15.9 Å². The van der Waals surface area contributed by atoms with Crippen molar-refractivity contribution in [1.29, 1.82) is 5.26 Å². The number of hydroxylamine groups is 1. The molecule has 1 N–H and O–H groups in total. The molecule has 0 aliphatic heterocycles. The fourth-order valence-electron chi connectivity index (χ4n) is 2.20. The summed E-state index contributed by atoms with van der Waals surface area (Å²) in [5, 5.41) is 11.4. The molecular formula is C19H19N3O6S. The van der Waals surface area contributed by atoms with Gasteiger partial charge in [-0.15, -0.1) is 0 Å². The van der Waals surface area contributed by atoms with E-state index in [0.29, 0.717) is 15.7 Å². The summed E-state index contributed by atoms with van der Waals surface area (Å²) in [4.78, 5) is 29.0. The Morgan fingerprint density at radius 2 is 1.83 bits per heavy atom. The van der Waals surface area contributed by atoms with Crippen molar-refractivity contribution in [3.8, 4) is 6.07 Å². The van der Waals surface area contributed by atoms with Gasteiger partial charge in [-0.3, -0.25) is 9.63 Å². The molecule has 0 fully saturated rings.